The molecule has 0 amide bonds. The van der Waals surface area contributed by atoms with Crippen LogP contribution in [0.4, 0.5) is 4.39 Å². The molecule has 3 nitrogen and oxygen atoms in total. The van der Waals surface area contributed by atoms with E-state index in [1.54, 1.807) is 0 Å². The van der Waals surface area contributed by atoms with Crippen molar-refractivity contribution in [1.29, 1.82) is 0 Å². The number of rotatable bonds is 5. The number of aryl methyl sites for hydroxylation is 3. The maximum atomic E-state index is 13.4. The van der Waals surface area contributed by atoms with E-state index in [0.29, 0.717) is 12.0 Å². The first kappa shape index (κ1) is 14.7. The molecular formula is C16H21FN2O. The summed E-state index contributed by atoms with van der Waals surface area (Å²) in [6.45, 7) is 6.67. The number of aliphatic hydroxyl groups is 1. The minimum atomic E-state index is -0.712. The number of nitrogens with zero attached hydrogens (tertiary/aromatic N) is 2. The van der Waals surface area contributed by atoms with Crippen LogP contribution < -0.4 is 0 Å². The predicted molar refractivity (Wildman–Crippen MR) is 77.1 cm³/mol. The van der Waals surface area contributed by atoms with E-state index in [-0.39, 0.29) is 5.82 Å². The smallest absolute Gasteiger partial charge is 0.123 e. The van der Waals surface area contributed by atoms with Crippen LogP contribution in [0.25, 0.3) is 0 Å². The summed E-state index contributed by atoms with van der Waals surface area (Å²) >= 11 is 0. The van der Waals surface area contributed by atoms with Crippen molar-refractivity contribution in [2.75, 3.05) is 0 Å². The molecular weight excluding hydrogens is 255 g/mol. The summed E-state index contributed by atoms with van der Waals surface area (Å²) in [6, 6.07) is 6.69. The zero-order chi connectivity index (χ0) is 14.7. The lowest BCUT2D eigenvalue weighted by Crippen LogP contribution is -2.09. The van der Waals surface area contributed by atoms with Crippen molar-refractivity contribution in [3.05, 3.63) is 52.6 Å². The Balaban J connectivity index is 2.22. The summed E-state index contributed by atoms with van der Waals surface area (Å²) in [6.07, 6.45) is 0.606. The minimum absolute atomic E-state index is 0.308. The van der Waals surface area contributed by atoms with E-state index in [9.17, 15) is 9.50 Å². The van der Waals surface area contributed by atoms with Gasteiger partial charge in [-0.2, -0.15) is 5.10 Å². The summed E-state index contributed by atoms with van der Waals surface area (Å²) in [5, 5.41) is 14.8. The molecule has 0 saturated carbocycles. The van der Waals surface area contributed by atoms with E-state index < -0.39 is 6.10 Å². The first-order valence-electron chi connectivity index (χ1n) is 7.04. The normalized spacial score (nSPS) is 12.7. The maximum absolute atomic E-state index is 13.4. The number of hydrogen-bond donors (Lipinski definition) is 1. The van der Waals surface area contributed by atoms with Crippen molar-refractivity contribution < 1.29 is 9.50 Å². The minimum Gasteiger partial charge on any atom is -0.388 e. The van der Waals surface area contributed by atoms with Gasteiger partial charge < -0.3 is 5.11 Å². The molecule has 20 heavy (non-hydrogen) atoms. The van der Waals surface area contributed by atoms with Crippen LogP contribution in [0.5, 0.6) is 0 Å². The third kappa shape index (κ3) is 3.25. The predicted octanol–water partition coefficient (Wildman–Crippen LogP) is 3.19. The van der Waals surface area contributed by atoms with Crippen molar-refractivity contribution in [1.82, 2.24) is 9.78 Å². The molecule has 0 spiro atoms. The first-order chi connectivity index (χ1) is 9.53. The summed E-state index contributed by atoms with van der Waals surface area (Å²) in [4.78, 5) is 0. The molecule has 108 valence electrons. The number of benzene rings is 1. The molecule has 0 bridgehead atoms. The largest absolute Gasteiger partial charge is 0.388 e. The molecule has 1 aromatic carbocycles. The van der Waals surface area contributed by atoms with Crippen LogP contribution in [0, 0.1) is 12.7 Å². The van der Waals surface area contributed by atoms with Crippen LogP contribution in [0.1, 0.15) is 42.5 Å². The first-order valence-corrected chi connectivity index (χ1v) is 7.04. The molecule has 0 aliphatic heterocycles. The Hall–Kier alpha value is -1.68. The van der Waals surface area contributed by atoms with E-state index in [4.69, 9.17) is 0 Å². The monoisotopic (exact) mass is 276 g/mol. The van der Waals surface area contributed by atoms with E-state index >= 15 is 0 Å². The third-order valence-corrected chi connectivity index (χ3v) is 3.43. The van der Waals surface area contributed by atoms with Gasteiger partial charge in [0, 0.05) is 18.7 Å². The van der Waals surface area contributed by atoms with Crippen molar-refractivity contribution in [2.45, 2.75) is 46.3 Å². The molecule has 1 aromatic heterocycles. The molecule has 1 unspecified atom stereocenters. The molecule has 4 heteroatoms. The highest BCUT2D eigenvalue weighted by Crippen LogP contribution is 2.21. The molecule has 0 saturated heterocycles. The summed E-state index contributed by atoms with van der Waals surface area (Å²) in [5.74, 6) is -0.308. The fraction of sp³-hybridized carbons (Fsp3) is 0.438. The molecule has 0 aliphatic carbocycles. The van der Waals surface area contributed by atoms with Gasteiger partial charge >= 0.3 is 0 Å². The lowest BCUT2D eigenvalue weighted by atomic mass is 10.0. The Morgan fingerprint density at radius 2 is 2.00 bits per heavy atom. The molecule has 1 heterocycles. The van der Waals surface area contributed by atoms with Crippen LogP contribution >= 0.6 is 0 Å². The average molecular weight is 276 g/mol. The standard InChI is InChI=1S/C16H21FN2O/c1-4-14-9-15(19(5-2)18-14)10-16(20)12-6-11(3)7-13(17)8-12/h6-9,16,20H,4-5,10H2,1-3H3. The van der Waals surface area contributed by atoms with Crippen LogP contribution in [0.3, 0.4) is 0 Å². The van der Waals surface area contributed by atoms with Crippen LogP contribution in [-0.2, 0) is 19.4 Å². The molecule has 2 rings (SSSR count). The Bertz CT molecular complexity index is 572. The van der Waals surface area contributed by atoms with Gasteiger partial charge in [-0.25, -0.2) is 4.39 Å². The van der Waals surface area contributed by atoms with Crippen LogP contribution in [-0.4, -0.2) is 14.9 Å². The molecule has 1 N–H and O–H groups in total. The quantitative estimate of drug-likeness (QED) is 0.910. The van der Waals surface area contributed by atoms with Crippen LogP contribution in [0.15, 0.2) is 24.3 Å². The van der Waals surface area contributed by atoms with E-state index in [0.717, 1.165) is 29.9 Å². The molecule has 1 atom stereocenters. The summed E-state index contributed by atoms with van der Waals surface area (Å²) < 4.78 is 15.3. The topological polar surface area (TPSA) is 38.0 Å². The third-order valence-electron chi connectivity index (χ3n) is 3.43. The van der Waals surface area contributed by atoms with E-state index in [2.05, 4.69) is 12.0 Å². The molecule has 2 aromatic rings. The Kier molecular flexibility index (Phi) is 4.55. The van der Waals surface area contributed by atoms with Crippen molar-refractivity contribution in [3.63, 3.8) is 0 Å². The number of halogens is 1. The van der Waals surface area contributed by atoms with Gasteiger partial charge in [-0.15, -0.1) is 0 Å². The zero-order valence-corrected chi connectivity index (χ0v) is 12.2. The van der Waals surface area contributed by atoms with E-state index in [1.165, 1.54) is 12.1 Å². The Morgan fingerprint density at radius 1 is 1.25 bits per heavy atom. The van der Waals surface area contributed by atoms with Crippen molar-refractivity contribution in [3.8, 4) is 0 Å². The van der Waals surface area contributed by atoms with Gasteiger partial charge in [0.1, 0.15) is 5.82 Å². The van der Waals surface area contributed by atoms with Crippen molar-refractivity contribution in [2.24, 2.45) is 0 Å². The second-order valence-corrected chi connectivity index (χ2v) is 5.08. The Morgan fingerprint density at radius 3 is 2.60 bits per heavy atom. The SMILES string of the molecule is CCc1cc(CC(O)c2cc(C)cc(F)c2)n(CC)n1. The molecule has 0 aliphatic rings. The fourth-order valence-electron chi connectivity index (χ4n) is 2.40. The maximum Gasteiger partial charge on any atom is 0.123 e. The number of aliphatic hydroxyl groups excluding tert-OH is 1. The average Bonchev–Trinajstić information content (AvgIpc) is 2.79. The lowest BCUT2D eigenvalue weighted by molar-refractivity contribution is 0.175. The highest BCUT2D eigenvalue weighted by atomic mass is 19.1. The van der Waals surface area contributed by atoms with Gasteiger partial charge in [-0.1, -0.05) is 13.0 Å². The Labute approximate surface area is 119 Å². The second-order valence-electron chi connectivity index (χ2n) is 5.08. The fourth-order valence-corrected chi connectivity index (χ4v) is 2.40. The van der Waals surface area contributed by atoms with Gasteiger partial charge in [-0.3, -0.25) is 4.68 Å². The van der Waals surface area contributed by atoms with Crippen molar-refractivity contribution >= 4 is 0 Å². The summed E-state index contributed by atoms with van der Waals surface area (Å²) in [7, 11) is 0. The van der Waals surface area contributed by atoms with Gasteiger partial charge in [0.15, 0.2) is 0 Å². The molecule has 0 fully saturated rings. The van der Waals surface area contributed by atoms with E-state index in [1.807, 2.05) is 30.7 Å². The highest BCUT2D eigenvalue weighted by molar-refractivity contribution is 5.26. The second kappa shape index (κ2) is 6.18. The summed E-state index contributed by atoms with van der Waals surface area (Å²) in [5.41, 5.74) is 3.44. The highest BCUT2D eigenvalue weighted by Gasteiger charge is 2.14. The zero-order valence-electron chi connectivity index (χ0n) is 12.2. The van der Waals surface area contributed by atoms with Gasteiger partial charge in [-0.05, 0) is 49.6 Å². The lowest BCUT2D eigenvalue weighted by Gasteiger charge is -2.13. The van der Waals surface area contributed by atoms with Gasteiger partial charge in [0.05, 0.1) is 11.8 Å². The van der Waals surface area contributed by atoms with Gasteiger partial charge in [0.2, 0.25) is 0 Å². The molecule has 0 radical (unpaired) electrons. The number of hydrogen-bond acceptors (Lipinski definition) is 2. The van der Waals surface area contributed by atoms with Gasteiger partial charge in [0.25, 0.3) is 0 Å². The number of aromatic nitrogens is 2. The van der Waals surface area contributed by atoms with Crippen LogP contribution in [0.2, 0.25) is 0 Å².